The molecule has 0 saturated heterocycles. The Morgan fingerprint density at radius 2 is 1.71 bits per heavy atom. The second-order valence-corrected chi connectivity index (χ2v) is 7.77. The van der Waals surface area contributed by atoms with E-state index in [1.54, 1.807) is 7.11 Å². The lowest BCUT2D eigenvalue weighted by Gasteiger charge is -2.52. The fourth-order valence-corrected chi connectivity index (χ4v) is 4.62. The summed E-state index contributed by atoms with van der Waals surface area (Å²) < 4.78 is 10.3. The van der Waals surface area contributed by atoms with Crippen molar-refractivity contribution in [3.8, 4) is 5.75 Å². The summed E-state index contributed by atoms with van der Waals surface area (Å²) in [5.41, 5.74) is 1.96. The number of nitrogens with one attached hydrogen (secondary N) is 1. The van der Waals surface area contributed by atoms with Gasteiger partial charge in [0, 0.05) is 17.5 Å². The molecule has 152 valence electrons. The number of methoxy groups -OCH3 is 2. The number of carbonyl (C=O) groups is 1. The van der Waals surface area contributed by atoms with Crippen LogP contribution in [-0.4, -0.2) is 30.7 Å². The smallest absolute Gasteiger partial charge is 0.311 e. The average Bonchev–Trinajstić information content (AvgIpc) is 2.79. The molecule has 0 amide bonds. The van der Waals surface area contributed by atoms with Gasteiger partial charge >= 0.3 is 5.97 Å². The molecule has 2 bridgehead atoms. The lowest BCUT2D eigenvalue weighted by molar-refractivity contribution is -0.160. The monoisotopic (exact) mass is 384 g/mol. The van der Waals surface area contributed by atoms with Crippen LogP contribution in [0.4, 0.5) is 0 Å². The third-order valence-corrected chi connectivity index (χ3v) is 6.46. The van der Waals surface area contributed by atoms with Crippen molar-refractivity contribution < 1.29 is 14.3 Å². The summed E-state index contributed by atoms with van der Waals surface area (Å²) in [7, 11) is 3.18. The Bertz CT molecular complexity index is 809. The molecule has 3 aliphatic rings. The van der Waals surface area contributed by atoms with E-state index in [1.165, 1.54) is 7.11 Å². The maximum Gasteiger partial charge on any atom is 0.311 e. The van der Waals surface area contributed by atoms with Crippen molar-refractivity contribution in [3.05, 3.63) is 36.0 Å². The van der Waals surface area contributed by atoms with Gasteiger partial charge in [0.05, 0.1) is 30.8 Å². The molecule has 0 unspecified atom stereocenters. The molecule has 0 radical (unpaired) electrons. The highest BCUT2D eigenvalue weighted by Crippen LogP contribution is 2.52. The molecule has 0 atom stereocenters. The Balaban J connectivity index is 0.00000109. The number of nitrogens with zero attached hydrogens (tertiary/aromatic N) is 1. The highest BCUT2D eigenvalue weighted by atomic mass is 16.5. The van der Waals surface area contributed by atoms with E-state index in [2.05, 4.69) is 17.4 Å². The van der Waals surface area contributed by atoms with Crippen molar-refractivity contribution in [2.24, 2.45) is 5.41 Å². The van der Waals surface area contributed by atoms with Crippen molar-refractivity contribution in [1.29, 1.82) is 0 Å². The van der Waals surface area contributed by atoms with E-state index in [-0.39, 0.29) is 16.9 Å². The van der Waals surface area contributed by atoms with Crippen molar-refractivity contribution in [2.75, 3.05) is 14.2 Å². The summed E-state index contributed by atoms with van der Waals surface area (Å²) >= 11 is 0. The van der Waals surface area contributed by atoms with Crippen molar-refractivity contribution in [2.45, 2.75) is 64.5 Å². The van der Waals surface area contributed by atoms with E-state index in [1.807, 2.05) is 32.0 Å². The molecule has 3 fully saturated rings. The first-order valence-electron chi connectivity index (χ1n) is 10.4. The molecule has 3 saturated carbocycles. The van der Waals surface area contributed by atoms with Gasteiger partial charge in [-0.3, -0.25) is 9.78 Å². The molecule has 5 heteroatoms. The predicted molar refractivity (Wildman–Crippen MR) is 111 cm³/mol. The van der Waals surface area contributed by atoms with Gasteiger partial charge in [-0.05, 0) is 62.8 Å². The van der Waals surface area contributed by atoms with Gasteiger partial charge in [-0.2, -0.15) is 0 Å². The molecule has 0 spiro atoms. The molecule has 5 rings (SSSR count). The van der Waals surface area contributed by atoms with E-state index >= 15 is 0 Å². The SMILES string of the molecule is CC.COC(=O)C12CCC(NCc3ccc4cc(OC)ccc4n3)(CC1)CC2. The number of fused-ring (bicyclic) bond motifs is 4. The Labute approximate surface area is 167 Å². The molecule has 3 aliphatic carbocycles. The normalized spacial score (nSPS) is 25.7. The van der Waals surface area contributed by atoms with Crippen LogP contribution in [0.5, 0.6) is 5.75 Å². The second kappa shape index (κ2) is 8.48. The summed E-state index contributed by atoms with van der Waals surface area (Å²) in [4.78, 5) is 16.9. The second-order valence-electron chi connectivity index (χ2n) is 7.77. The Morgan fingerprint density at radius 3 is 2.32 bits per heavy atom. The first-order valence-corrected chi connectivity index (χ1v) is 10.4. The Morgan fingerprint density at radius 1 is 1.04 bits per heavy atom. The van der Waals surface area contributed by atoms with E-state index in [0.29, 0.717) is 0 Å². The average molecular weight is 385 g/mol. The largest absolute Gasteiger partial charge is 0.497 e. The predicted octanol–water partition coefficient (Wildman–Crippen LogP) is 4.63. The molecule has 2 aromatic rings. The highest BCUT2D eigenvalue weighted by Gasteiger charge is 2.52. The molecule has 1 aromatic heterocycles. The third-order valence-electron chi connectivity index (χ3n) is 6.46. The lowest BCUT2D eigenvalue weighted by Crippen LogP contribution is -2.56. The molecule has 1 N–H and O–H groups in total. The molecule has 1 aromatic carbocycles. The quantitative estimate of drug-likeness (QED) is 0.762. The van der Waals surface area contributed by atoms with E-state index in [9.17, 15) is 4.79 Å². The summed E-state index contributed by atoms with van der Waals surface area (Å²) in [5, 5.41) is 4.85. The lowest BCUT2D eigenvalue weighted by atomic mass is 9.57. The summed E-state index contributed by atoms with van der Waals surface area (Å²) in [6, 6.07) is 10.1. The molecule has 5 nitrogen and oxygen atoms in total. The van der Waals surface area contributed by atoms with Gasteiger partial charge in [0.1, 0.15) is 5.75 Å². The number of rotatable bonds is 5. The molecule has 28 heavy (non-hydrogen) atoms. The summed E-state index contributed by atoms with van der Waals surface area (Å²) in [6.45, 7) is 4.76. The van der Waals surface area contributed by atoms with Gasteiger partial charge in [-0.1, -0.05) is 19.9 Å². The molecular formula is C23H32N2O3. The van der Waals surface area contributed by atoms with Crippen LogP contribution in [0.25, 0.3) is 10.9 Å². The zero-order chi connectivity index (χ0) is 20.2. The minimum Gasteiger partial charge on any atom is -0.497 e. The first kappa shape index (κ1) is 20.6. The van der Waals surface area contributed by atoms with Crippen LogP contribution >= 0.6 is 0 Å². The van der Waals surface area contributed by atoms with Crippen molar-refractivity contribution in [1.82, 2.24) is 10.3 Å². The highest BCUT2D eigenvalue weighted by molar-refractivity contribution is 5.80. The summed E-state index contributed by atoms with van der Waals surface area (Å²) in [5.74, 6) is 0.833. The topological polar surface area (TPSA) is 60.5 Å². The van der Waals surface area contributed by atoms with Crippen LogP contribution in [0.15, 0.2) is 30.3 Å². The number of pyridine rings is 1. The van der Waals surface area contributed by atoms with Crippen LogP contribution in [0.1, 0.15) is 58.1 Å². The summed E-state index contributed by atoms with van der Waals surface area (Å²) in [6.07, 6.45) is 5.89. The van der Waals surface area contributed by atoms with Crippen LogP contribution in [0.3, 0.4) is 0 Å². The number of hydrogen-bond acceptors (Lipinski definition) is 5. The number of esters is 1. The number of aromatic nitrogens is 1. The van der Waals surface area contributed by atoms with Crippen LogP contribution < -0.4 is 10.1 Å². The molecular weight excluding hydrogens is 352 g/mol. The number of carbonyl (C=O) groups excluding carboxylic acids is 1. The number of hydrogen-bond donors (Lipinski definition) is 1. The van der Waals surface area contributed by atoms with Gasteiger partial charge in [0.2, 0.25) is 0 Å². The fourth-order valence-electron chi connectivity index (χ4n) is 4.62. The Kier molecular flexibility index (Phi) is 6.23. The van der Waals surface area contributed by atoms with E-state index in [4.69, 9.17) is 14.5 Å². The zero-order valence-electron chi connectivity index (χ0n) is 17.5. The van der Waals surface area contributed by atoms with Crippen LogP contribution in [0, 0.1) is 5.41 Å². The Hall–Kier alpha value is -2.14. The van der Waals surface area contributed by atoms with Gasteiger partial charge < -0.3 is 14.8 Å². The third kappa shape index (κ3) is 3.86. The number of ether oxygens (including phenoxy) is 2. The van der Waals surface area contributed by atoms with E-state index < -0.39 is 0 Å². The van der Waals surface area contributed by atoms with Crippen LogP contribution in [-0.2, 0) is 16.1 Å². The van der Waals surface area contributed by atoms with Gasteiger partial charge in [0.25, 0.3) is 0 Å². The van der Waals surface area contributed by atoms with E-state index in [0.717, 1.165) is 67.4 Å². The number of benzene rings is 1. The molecule has 0 aliphatic heterocycles. The van der Waals surface area contributed by atoms with Gasteiger partial charge in [-0.25, -0.2) is 0 Å². The van der Waals surface area contributed by atoms with Crippen LogP contribution in [0.2, 0.25) is 0 Å². The van der Waals surface area contributed by atoms with Gasteiger partial charge in [-0.15, -0.1) is 0 Å². The maximum atomic E-state index is 12.1. The van der Waals surface area contributed by atoms with Crippen molar-refractivity contribution in [3.63, 3.8) is 0 Å². The standard InChI is InChI=1S/C21H26N2O3.C2H6/c1-25-17-5-6-18-15(13-17)3-4-16(23-18)14-22-21-10-7-20(8-11-21,9-12-21)19(24)26-2;1-2/h3-6,13,22H,7-12,14H2,1-2H3;1-2H3. The van der Waals surface area contributed by atoms with Crippen molar-refractivity contribution >= 4 is 16.9 Å². The first-order chi connectivity index (χ1) is 13.6. The molecule has 1 heterocycles. The minimum absolute atomic E-state index is 0.0163. The zero-order valence-corrected chi connectivity index (χ0v) is 17.5. The minimum atomic E-state index is -0.224. The fraction of sp³-hybridized carbons (Fsp3) is 0.565. The maximum absolute atomic E-state index is 12.1. The van der Waals surface area contributed by atoms with Gasteiger partial charge in [0.15, 0.2) is 0 Å².